The number of carbonyl (C=O) groups excluding carboxylic acids is 2. The van der Waals surface area contributed by atoms with Gasteiger partial charge in [-0.2, -0.15) is 0 Å². The minimum Gasteiger partial charge on any atom is -0.461 e. The highest BCUT2D eigenvalue weighted by molar-refractivity contribution is 6.01. The molecule has 0 aliphatic rings. The highest BCUT2D eigenvalue weighted by Gasteiger charge is 2.24. The van der Waals surface area contributed by atoms with Crippen LogP contribution in [-0.4, -0.2) is 29.5 Å². The Morgan fingerprint density at radius 2 is 1.84 bits per heavy atom. The van der Waals surface area contributed by atoms with Gasteiger partial charge in [-0.3, -0.25) is 4.79 Å². The molecule has 134 valence electrons. The number of aryl methyl sites for hydroxylation is 1. The molecule has 0 saturated heterocycles. The van der Waals surface area contributed by atoms with Crippen LogP contribution in [0.4, 0.5) is 0 Å². The molecule has 0 bridgehead atoms. The summed E-state index contributed by atoms with van der Waals surface area (Å²) < 4.78 is 5.04. The number of rotatable bonds is 7. The summed E-state index contributed by atoms with van der Waals surface area (Å²) in [7, 11) is 0. The molecule has 1 atom stereocenters. The van der Waals surface area contributed by atoms with E-state index in [9.17, 15) is 9.59 Å². The SMILES string of the molecule is CCOC(=O)c1[nH]c(C)c(C(=O)N[C@@H](CC)Cc2ccccc2)c1C. The smallest absolute Gasteiger partial charge is 0.355 e. The van der Waals surface area contributed by atoms with Crippen molar-refractivity contribution >= 4 is 11.9 Å². The van der Waals surface area contributed by atoms with E-state index in [1.54, 1.807) is 20.8 Å². The van der Waals surface area contributed by atoms with E-state index < -0.39 is 5.97 Å². The maximum Gasteiger partial charge on any atom is 0.355 e. The minimum atomic E-state index is -0.432. The van der Waals surface area contributed by atoms with Crippen molar-refractivity contribution in [3.63, 3.8) is 0 Å². The molecule has 0 saturated carbocycles. The number of esters is 1. The predicted molar refractivity (Wildman–Crippen MR) is 97.9 cm³/mol. The van der Waals surface area contributed by atoms with Crippen molar-refractivity contribution in [1.82, 2.24) is 10.3 Å². The average Bonchev–Trinajstić information content (AvgIpc) is 2.90. The number of carbonyl (C=O) groups is 2. The second-order valence-electron chi connectivity index (χ2n) is 6.11. The normalized spacial score (nSPS) is 11.8. The Balaban J connectivity index is 2.15. The van der Waals surface area contributed by atoms with Crippen molar-refractivity contribution in [3.05, 3.63) is 58.4 Å². The molecule has 25 heavy (non-hydrogen) atoms. The maximum atomic E-state index is 12.8. The van der Waals surface area contributed by atoms with Gasteiger partial charge in [0.15, 0.2) is 0 Å². The first kappa shape index (κ1) is 18.8. The molecule has 0 unspecified atom stereocenters. The highest BCUT2D eigenvalue weighted by atomic mass is 16.5. The Hall–Kier alpha value is -2.56. The molecule has 1 aromatic carbocycles. The fourth-order valence-corrected chi connectivity index (χ4v) is 2.95. The van der Waals surface area contributed by atoms with Crippen LogP contribution in [0.3, 0.4) is 0 Å². The zero-order valence-corrected chi connectivity index (χ0v) is 15.3. The van der Waals surface area contributed by atoms with E-state index in [0.29, 0.717) is 29.1 Å². The maximum absolute atomic E-state index is 12.8. The van der Waals surface area contributed by atoms with Gasteiger partial charge in [0.1, 0.15) is 5.69 Å². The molecule has 5 nitrogen and oxygen atoms in total. The lowest BCUT2D eigenvalue weighted by atomic mass is 10.0. The van der Waals surface area contributed by atoms with E-state index >= 15 is 0 Å². The summed E-state index contributed by atoms with van der Waals surface area (Å²) in [5, 5.41) is 3.09. The molecule has 0 aliphatic carbocycles. The number of hydrogen-bond donors (Lipinski definition) is 2. The summed E-state index contributed by atoms with van der Waals surface area (Å²) in [5.41, 5.74) is 3.36. The molecular formula is C20H26N2O3. The van der Waals surface area contributed by atoms with Crippen molar-refractivity contribution < 1.29 is 14.3 Å². The molecule has 2 aromatic rings. The number of H-pyrrole nitrogens is 1. The van der Waals surface area contributed by atoms with Crippen LogP contribution in [0.5, 0.6) is 0 Å². The molecule has 0 spiro atoms. The highest BCUT2D eigenvalue weighted by Crippen LogP contribution is 2.19. The average molecular weight is 342 g/mol. The van der Waals surface area contributed by atoms with Crippen molar-refractivity contribution in [2.24, 2.45) is 0 Å². The first-order valence-electron chi connectivity index (χ1n) is 8.68. The Bertz CT molecular complexity index is 735. The Morgan fingerprint density at radius 1 is 1.16 bits per heavy atom. The predicted octanol–water partition coefficient (Wildman–Crippen LogP) is 3.56. The second-order valence-corrected chi connectivity index (χ2v) is 6.11. The summed E-state index contributed by atoms with van der Waals surface area (Å²) in [6, 6.07) is 10.1. The van der Waals surface area contributed by atoms with Gasteiger partial charge in [-0.15, -0.1) is 0 Å². The van der Waals surface area contributed by atoms with Gasteiger partial charge < -0.3 is 15.0 Å². The van der Waals surface area contributed by atoms with Crippen LogP contribution in [0.2, 0.25) is 0 Å². The largest absolute Gasteiger partial charge is 0.461 e. The second kappa shape index (κ2) is 8.51. The van der Waals surface area contributed by atoms with Gasteiger partial charge in [0.25, 0.3) is 5.91 Å². The number of benzene rings is 1. The van der Waals surface area contributed by atoms with Gasteiger partial charge in [0.2, 0.25) is 0 Å². The number of aromatic amines is 1. The summed E-state index contributed by atoms with van der Waals surface area (Å²) in [6.07, 6.45) is 1.60. The number of hydrogen-bond acceptors (Lipinski definition) is 3. The summed E-state index contributed by atoms with van der Waals surface area (Å²) >= 11 is 0. The molecule has 1 heterocycles. The van der Waals surface area contributed by atoms with Gasteiger partial charge >= 0.3 is 5.97 Å². The quantitative estimate of drug-likeness (QED) is 0.756. The molecule has 0 fully saturated rings. The molecule has 1 aromatic heterocycles. The lowest BCUT2D eigenvalue weighted by Crippen LogP contribution is -2.36. The van der Waals surface area contributed by atoms with Crippen molar-refractivity contribution in [2.45, 2.75) is 46.6 Å². The van der Waals surface area contributed by atoms with Crippen LogP contribution >= 0.6 is 0 Å². The third-order valence-corrected chi connectivity index (χ3v) is 4.30. The standard InChI is InChI=1S/C20H26N2O3/c1-5-16(12-15-10-8-7-9-11-15)22-19(23)17-13(3)18(21-14(17)4)20(24)25-6-2/h7-11,16,21H,5-6,12H2,1-4H3,(H,22,23)/t16-/m0/s1. The van der Waals surface area contributed by atoms with Crippen molar-refractivity contribution in [3.8, 4) is 0 Å². The minimum absolute atomic E-state index is 0.0367. The lowest BCUT2D eigenvalue weighted by Gasteiger charge is -2.17. The van der Waals surface area contributed by atoms with Crippen LogP contribution in [0.1, 0.15) is 57.9 Å². The zero-order valence-electron chi connectivity index (χ0n) is 15.3. The molecule has 1 amide bonds. The van der Waals surface area contributed by atoms with Crippen LogP contribution in [0.15, 0.2) is 30.3 Å². The Kier molecular flexibility index (Phi) is 6.39. The molecule has 0 radical (unpaired) electrons. The topological polar surface area (TPSA) is 71.2 Å². The number of amides is 1. The van der Waals surface area contributed by atoms with Gasteiger partial charge in [0, 0.05) is 11.7 Å². The number of ether oxygens (including phenoxy) is 1. The van der Waals surface area contributed by atoms with Crippen LogP contribution in [0.25, 0.3) is 0 Å². The Morgan fingerprint density at radius 3 is 2.44 bits per heavy atom. The van der Waals surface area contributed by atoms with Crippen molar-refractivity contribution in [2.75, 3.05) is 6.61 Å². The van der Waals surface area contributed by atoms with E-state index in [4.69, 9.17) is 4.74 Å². The first-order chi connectivity index (χ1) is 12.0. The van der Waals surface area contributed by atoms with Crippen molar-refractivity contribution in [1.29, 1.82) is 0 Å². The van der Waals surface area contributed by atoms with Crippen LogP contribution in [-0.2, 0) is 11.2 Å². The molecule has 2 rings (SSSR count). The fourth-order valence-electron chi connectivity index (χ4n) is 2.95. The van der Waals surface area contributed by atoms with Gasteiger partial charge in [-0.25, -0.2) is 4.79 Å². The van der Waals surface area contributed by atoms with Gasteiger partial charge in [-0.1, -0.05) is 37.3 Å². The van der Waals surface area contributed by atoms with Gasteiger partial charge in [0.05, 0.1) is 12.2 Å². The Labute approximate surface area is 148 Å². The van der Waals surface area contributed by atoms with E-state index in [0.717, 1.165) is 12.8 Å². The number of nitrogens with one attached hydrogen (secondary N) is 2. The zero-order chi connectivity index (χ0) is 18.4. The van der Waals surface area contributed by atoms with Crippen LogP contribution in [0, 0.1) is 13.8 Å². The summed E-state index contributed by atoms with van der Waals surface area (Å²) in [4.78, 5) is 27.7. The fraction of sp³-hybridized carbons (Fsp3) is 0.400. The number of aromatic nitrogens is 1. The lowest BCUT2D eigenvalue weighted by molar-refractivity contribution is 0.0519. The molecular weight excluding hydrogens is 316 g/mol. The van der Waals surface area contributed by atoms with E-state index in [1.807, 2.05) is 18.2 Å². The summed E-state index contributed by atoms with van der Waals surface area (Å²) in [5.74, 6) is -0.594. The first-order valence-corrected chi connectivity index (χ1v) is 8.68. The monoisotopic (exact) mass is 342 g/mol. The third kappa shape index (κ3) is 4.50. The molecule has 0 aliphatic heterocycles. The van der Waals surface area contributed by atoms with E-state index in [1.165, 1.54) is 5.56 Å². The van der Waals surface area contributed by atoms with E-state index in [-0.39, 0.29) is 11.9 Å². The summed E-state index contributed by atoms with van der Waals surface area (Å²) in [6.45, 7) is 7.67. The molecule has 5 heteroatoms. The van der Waals surface area contributed by atoms with E-state index in [2.05, 4.69) is 29.4 Å². The van der Waals surface area contributed by atoms with Crippen LogP contribution < -0.4 is 5.32 Å². The molecule has 2 N–H and O–H groups in total. The third-order valence-electron chi connectivity index (χ3n) is 4.30. The van der Waals surface area contributed by atoms with Gasteiger partial charge in [-0.05, 0) is 44.7 Å².